The van der Waals surface area contributed by atoms with Crippen LogP contribution in [-0.2, 0) is 6.42 Å². The number of nitrogens with one attached hydrogen (secondary N) is 2. The van der Waals surface area contributed by atoms with Crippen LogP contribution in [0.1, 0.15) is 16.1 Å². The molecule has 0 fully saturated rings. The van der Waals surface area contributed by atoms with Gasteiger partial charge in [-0.1, -0.05) is 23.7 Å². The van der Waals surface area contributed by atoms with Crippen LogP contribution in [0.15, 0.2) is 36.7 Å². The van der Waals surface area contributed by atoms with Gasteiger partial charge in [0.05, 0.1) is 12.4 Å². The molecule has 0 aliphatic rings. The molecule has 0 saturated heterocycles. The van der Waals surface area contributed by atoms with E-state index in [-0.39, 0.29) is 5.91 Å². The maximum atomic E-state index is 11.8. The zero-order valence-corrected chi connectivity index (χ0v) is 11.8. The number of amides is 1. The highest BCUT2D eigenvalue weighted by atomic mass is 35.5. The topological polar surface area (TPSA) is 66.9 Å². The smallest absolute Gasteiger partial charge is 0.271 e. The second-order valence-electron chi connectivity index (χ2n) is 4.17. The van der Waals surface area contributed by atoms with E-state index in [1.54, 1.807) is 7.05 Å². The van der Waals surface area contributed by atoms with Crippen LogP contribution >= 0.6 is 11.6 Å². The lowest BCUT2D eigenvalue weighted by Crippen LogP contribution is -2.26. The Morgan fingerprint density at radius 2 is 1.95 bits per heavy atom. The van der Waals surface area contributed by atoms with Crippen molar-refractivity contribution in [1.29, 1.82) is 0 Å². The van der Waals surface area contributed by atoms with E-state index in [1.165, 1.54) is 12.4 Å². The summed E-state index contributed by atoms with van der Waals surface area (Å²) in [6, 6.07) is 7.55. The van der Waals surface area contributed by atoms with Gasteiger partial charge in [-0.05, 0) is 24.1 Å². The largest absolute Gasteiger partial charge is 0.372 e. The molecule has 104 valence electrons. The van der Waals surface area contributed by atoms with Crippen molar-refractivity contribution in [2.45, 2.75) is 6.42 Å². The van der Waals surface area contributed by atoms with Crippen molar-refractivity contribution in [2.24, 2.45) is 0 Å². The summed E-state index contributed by atoms with van der Waals surface area (Å²) in [6.45, 7) is 0.538. The molecule has 0 atom stereocenters. The number of rotatable bonds is 5. The zero-order chi connectivity index (χ0) is 14.4. The maximum absolute atomic E-state index is 11.8. The van der Waals surface area contributed by atoms with Crippen LogP contribution in [-0.4, -0.2) is 29.5 Å². The molecule has 0 bridgehead atoms. The van der Waals surface area contributed by atoms with Gasteiger partial charge in [0, 0.05) is 18.6 Å². The molecular formula is C14H15ClN4O. The van der Waals surface area contributed by atoms with Crippen LogP contribution in [0.5, 0.6) is 0 Å². The first-order valence-corrected chi connectivity index (χ1v) is 6.59. The highest BCUT2D eigenvalue weighted by Gasteiger charge is 2.06. The molecular weight excluding hydrogens is 276 g/mol. The van der Waals surface area contributed by atoms with E-state index in [2.05, 4.69) is 20.6 Å². The molecule has 6 heteroatoms. The Bertz CT molecular complexity index is 569. The van der Waals surface area contributed by atoms with Gasteiger partial charge in [-0.25, -0.2) is 9.97 Å². The molecule has 0 radical (unpaired) electrons. The highest BCUT2D eigenvalue weighted by molar-refractivity contribution is 6.30. The Morgan fingerprint density at radius 1 is 1.20 bits per heavy atom. The summed E-state index contributed by atoms with van der Waals surface area (Å²) >= 11 is 5.81. The third kappa shape index (κ3) is 3.93. The Labute approximate surface area is 122 Å². The number of benzene rings is 1. The Balaban J connectivity index is 1.83. The lowest BCUT2D eigenvalue weighted by molar-refractivity contribution is 0.0949. The summed E-state index contributed by atoms with van der Waals surface area (Å²) in [5.41, 5.74) is 1.42. The molecule has 0 saturated carbocycles. The van der Waals surface area contributed by atoms with Crippen molar-refractivity contribution in [3.8, 4) is 0 Å². The molecule has 0 aliphatic carbocycles. The average molecular weight is 291 g/mol. The van der Waals surface area contributed by atoms with E-state index in [1.807, 2.05) is 24.3 Å². The molecule has 2 aromatic rings. The SMILES string of the molecule is CNc1cnc(C(=O)NCCc2ccc(Cl)cc2)cn1. The van der Waals surface area contributed by atoms with E-state index in [4.69, 9.17) is 11.6 Å². The molecule has 1 amide bonds. The average Bonchev–Trinajstić information content (AvgIpc) is 2.49. The van der Waals surface area contributed by atoms with Crippen molar-refractivity contribution in [2.75, 3.05) is 18.9 Å². The predicted octanol–water partition coefficient (Wildman–Crippen LogP) is 2.14. The summed E-state index contributed by atoms with van der Waals surface area (Å²) in [5.74, 6) is 0.400. The lowest BCUT2D eigenvalue weighted by atomic mass is 10.1. The van der Waals surface area contributed by atoms with Gasteiger partial charge >= 0.3 is 0 Å². The van der Waals surface area contributed by atoms with Crippen LogP contribution in [0, 0.1) is 0 Å². The summed E-state index contributed by atoms with van der Waals surface area (Å²) in [7, 11) is 1.75. The van der Waals surface area contributed by atoms with Crippen LogP contribution in [0.4, 0.5) is 5.82 Å². The summed E-state index contributed by atoms with van der Waals surface area (Å²) in [5, 5.41) is 6.36. The van der Waals surface area contributed by atoms with Crippen molar-refractivity contribution >= 4 is 23.3 Å². The summed E-state index contributed by atoms with van der Waals surface area (Å²) in [6.07, 6.45) is 3.71. The van der Waals surface area contributed by atoms with Crippen molar-refractivity contribution < 1.29 is 4.79 Å². The number of hydrogen-bond donors (Lipinski definition) is 2. The minimum absolute atomic E-state index is 0.228. The summed E-state index contributed by atoms with van der Waals surface area (Å²) in [4.78, 5) is 19.9. The molecule has 2 N–H and O–H groups in total. The first-order chi connectivity index (χ1) is 9.69. The van der Waals surface area contributed by atoms with Crippen molar-refractivity contribution in [1.82, 2.24) is 15.3 Å². The van der Waals surface area contributed by atoms with E-state index in [0.29, 0.717) is 23.1 Å². The minimum Gasteiger partial charge on any atom is -0.372 e. The van der Waals surface area contributed by atoms with Crippen LogP contribution < -0.4 is 10.6 Å². The molecule has 1 aromatic heterocycles. The predicted molar refractivity (Wildman–Crippen MR) is 79.1 cm³/mol. The molecule has 0 aliphatic heterocycles. The fraction of sp³-hybridized carbons (Fsp3) is 0.214. The molecule has 1 aromatic carbocycles. The normalized spacial score (nSPS) is 10.1. The number of carbonyl (C=O) groups excluding carboxylic acids is 1. The van der Waals surface area contributed by atoms with Crippen LogP contribution in [0.2, 0.25) is 5.02 Å². The molecule has 5 nitrogen and oxygen atoms in total. The third-order valence-electron chi connectivity index (χ3n) is 2.75. The molecule has 2 rings (SSSR count). The second-order valence-corrected chi connectivity index (χ2v) is 4.61. The monoisotopic (exact) mass is 290 g/mol. The minimum atomic E-state index is -0.228. The van der Waals surface area contributed by atoms with E-state index in [9.17, 15) is 4.79 Å². The van der Waals surface area contributed by atoms with Crippen molar-refractivity contribution in [3.63, 3.8) is 0 Å². The van der Waals surface area contributed by atoms with Gasteiger partial charge in [-0.3, -0.25) is 4.79 Å². The van der Waals surface area contributed by atoms with Gasteiger partial charge in [-0.15, -0.1) is 0 Å². The number of hydrogen-bond acceptors (Lipinski definition) is 4. The number of nitrogens with zero attached hydrogens (tertiary/aromatic N) is 2. The van der Waals surface area contributed by atoms with E-state index in [0.717, 1.165) is 12.0 Å². The van der Waals surface area contributed by atoms with Crippen LogP contribution in [0.25, 0.3) is 0 Å². The molecule has 20 heavy (non-hydrogen) atoms. The fourth-order valence-electron chi connectivity index (χ4n) is 1.64. The number of aromatic nitrogens is 2. The van der Waals surface area contributed by atoms with Gasteiger partial charge in [0.25, 0.3) is 5.91 Å². The van der Waals surface area contributed by atoms with Crippen LogP contribution in [0.3, 0.4) is 0 Å². The molecule has 0 unspecified atom stereocenters. The van der Waals surface area contributed by atoms with Gasteiger partial charge in [0.15, 0.2) is 0 Å². The number of carbonyl (C=O) groups is 1. The Hall–Kier alpha value is -2.14. The van der Waals surface area contributed by atoms with Crippen molar-refractivity contribution in [3.05, 3.63) is 52.9 Å². The summed E-state index contributed by atoms with van der Waals surface area (Å²) < 4.78 is 0. The zero-order valence-electron chi connectivity index (χ0n) is 11.1. The number of halogens is 1. The lowest BCUT2D eigenvalue weighted by Gasteiger charge is -2.05. The number of anilines is 1. The van der Waals surface area contributed by atoms with Gasteiger partial charge in [0.1, 0.15) is 11.5 Å². The second kappa shape index (κ2) is 6.86. The first kappa shape index (κ1) is 14.3. The fourth-order valence-corrected chi connectivity index (χ4v) is 1.76. The molecule has 1 heterocycles. The first-order valence-electron chi connectivity index (χ1n) is 6.21. The van der Waals surface area contributed by atoms with E-state index < -0.39 is 0 Å². The highest BCUT2D eigenvalue weighted by Crippen LogP contribution is 2.09. The van der Waals surface area contributed by atoms with Gasteiger partial charge in [-0.2, -0.15) is 0 Å². The standard InChI is InChI=1S/C14H15ClN4O/c1-16-13-9-18-12(8-19-13)14(20)17-7-6-10-2-4-11(15)5-3-10/h2-5,8-9H,6-7H2,1H3,(H,16,19)(H,17,20). The quantitative estimate of drug-likeness (QED) is 0.885. The Morgan fingerprint density at radius 3 is 2.55 bits per heavy atom. The molecule has 0 spiro atoms. The van der Waals surface area contributed by atoms with Gasteiger partial charge < -0.3 is 10.6 Å². The Kier molecular flexibility index (Phi) is 4.90. The third-order valence-corrected chi connectivity index (χ3v) is 3.01. The van der Waals surface area contributed by atoms with Gasteiger partial charge in [0.2, 0.25) is 0 Å². The maximum Gasteiger partial charge on any atom is 0.271 e. The van der Waals surface area contributed by atoms with E-state index >= 15 is 0 Å².